The Morgan fingerprint density at radius 2 is 2.00 bits per heavy atom. The van der Waals surface area contributed by atoms with Crippen molar-refractivity contribution in [1.82, 2.24) is 4.90 Å². The predicted molar refractivity (Wildman–Crippen MR) is 84.2 cm³/mol. The van der Waals surface area contributed by atoms with E-state index in [-0.39, 0.29) is 17.4 Å². The lowest BCUT2D eigenvalue weighted by molar-refractivity contribution is -0.127. The fraction of sp³-hybridized carbons (Fsp3) is 0.375. The number of hydrogen-bond donors (Lipinski definition) is 0. The van der Waals surface area contributed by atoms with Crippen molar-refractivity contribution in [2.45, 2.75) is 25.7 Å². The van der Waals surface area contributed by atoms with E-state index in [1.807, 2.05) is 13.8 Å². The molecule has 0 unspecified atom stereocenters. The third kappa shape index (κ3) is 5.34. The molecule has 1 aromatic carbocycles. The first-order valence-electron chi connectivity index (χ1n) is 6.70. The molecule has 0 fully saturated rings. The van der Waals surface area contributed by atoms with Crippen molar-refractivity contribution in [2.24, 2.45) is 0 Å². The number of ketones is 1. The average Bonchev–Trinajstić information content (AvgIpc) is 2.42. The van der Waals surface area contributed by atoms with Crippen molar-refractivity contribution in [3.05, 3.63) is 41.7 Å². The van der Waals surface area contributed by atoms with Crippen LogP contribution in [0, 0.1) is 5.82 Å². The van der Waals surface area contributed by atoms with Crippen LogP contribution in [0.15, 0.2) is 35.2 Å². The predicted octanol–water partition coefficient (Wildman–Crippen LogP) is 3.55. The SMILES string of the molecule is C=C(C)CN(CC)C(=O)CSc1ccc(C(C)=O)cc1F. The van der Waals surface area contributed by atoms with Crippen LogP contribution in [0.25, 0.3) is 0 Å². The third-order valence-electron chi connectivity index (χ3n) is 2.88. The number of carbonyl (C=O) groups is 2. The van der Waals surface area contributed by atoms with Gasteiger partial charge in [0.2, 0.25) is 5.91 Å². The summed E-state index contributed by atoms with van der Waals surface area (Å²) in [5.74, 6) is -0.540. The Labute approximate surface area is 129 Å². The number of thioether (sulfide) groups is 1. The first-order chi connectivity index (χ1) is 9.85. The average molecular weight is 309 g/mol. The summed E-state index contributed by atoms with van der Waals surface area (Å²) in [6.07, 6.45) is 0. The van der Waals surface area contributed by atoms with Crippen molar-refractivity contribution in [2.75, 3.05) is 18.8 Å². The summed E-state index contributed by atoms with van der Waals surface area (Å²) < 4.78 is 13.8. The van der Waals surface area contributed by atoms with Crippen molar-refractivity contribution in [3.8, 4) is 0 Å². The topological polar surface area (TPSA) is 37.4 Å². The number of hydrogen-bond acceptors (Lipinski definition) is 3. The van der Waals surface area contributed by atoms with Crippen LogP contribution in [0.4, 0.5) is 4.39 Å². The van der Waals surface area contributed by atoms with Crippen molar-refractivity contribution < 1.29 is 14.0 Å². The highest BCUT2D eigenvalue weighted by Crippen LogP contribution is 2.23. The first-order valence-corrected chi connectivity index (χ1v) is 7.69. The summed E-state index contributed by atoms with van der Waals surface area (Å²) in [4.78, 5) is 25.3. The van der Waals surface area contributed by atoms with E-state index >= 15 is 0 Å². The molecule has 0 aliphatic carbocycles. The van der Waals surface area contributed by atoms with Crippen LogP contribution < -0.4 is 0 Å². The normalized spacial score (nSPS) is 10.3. The molecule has 0 saturated carbocycles. The zero-order valence-electron chi connectivity index (χ0n) is 12.6. The molecule has 0 heterocycles. The smallest absolute Gasteiger partial charge is 0.233 e. The van der Waals surface area contributed by atoms with E-state index in [4.69, 9.17) is 0 Å². The van der Waals surface area contributed by atoms with Crippen LogP contribution in [-0.4, -0.2) is 35.4 Å². The van der Waals surface area contributed by atoms with Gasteiger partial charge >= 0.3 is 0 Å². The van der Waals surface area contributed by atoms with Crippen LogP contribution in [-0.2, 0) is 4.79 Å². The minimum absolute atomic E-state index is 0.0551. The van der Waals surface area contributed by atoms with Gasteiger partial charge in [-0.05, 0) is 32.9 Å². The highest BCUT2D eigenvalue weighted by Gasteiger charge is 2.14. The van der Waals surface area contributed by atoms with Crippen molar-refractivity contribution >= 4 is 23.5 Å². The maximum absolute atomic E-state index is 13.8. The number of nitrogens with zero attached hydrogens (tertiary/aromatic N) is 1. The fourth-order valence-electron chi connectivity index (χ4n) is 1.77. The Balaban J connectivity index is 2.68. The van der Waals surface area contributed by atoms with E-state index in [0.29, 0.717) is 23.5 Å². The van der Waals surface area contributed by atoms with E-state index in [0.717, 1.165) is 17.3 Å². The summed E-state index contributed by atoms with van der Waals surface area (Å²) in [6.45, 7) is 10.1. The first kappa shape index (κ1) is 17.4. The number of benzene rings is 1. The second-order valence-corrected chi connectivity index (χ2v) is 5.87. The molecule has 1 rings (SSSR count). The molecular formula is C16H20FNO2S. The zero-order chi connectivity index (χ0) is 16.0. The summed E-state index contributed by atoms with van der Waals surface area (Å²) in [5, 5.41) is 0. The minimum atomic E-state index is -0.469. The summed E-state index contributed by atoms with van der Waals surface area (Å²) in [5.41, 5.74) is 1.24. The molecule has 3 nitrogen and oxygen atoms in total. The van der Waals surface area contributed by atoms with Gasteiger partial charge in [0.1, 0.15) is 5.82 Å². The number of Topliss-reactive ketones (excluding diaryl/α,β-unsaturated/α-hetero) is 1. The van der Waals surface area contributed by atoms with Gasteiger partial charge in [0.15, 0.2) is 5.78 Å². The molecule has 0 aliphatic heterocycles. The van der Waals surface area contributed by atoms with Crippen LogP contribution in [0.2, 0.25) is 0 Å². The van der Waals surface area contributed by atoms with E-state index < -0.39 is 5.82 Å². The molecule has 1 amide bonds. The summed E-state index contributed by atoms with van der Waals surface area (Å²) in [6, 6.07) is 4.32. The van der Waals surface area contributed by atoms with Gasteiger partial charge in [0.05, 0.1) is 5.75 Å². The standard InChI is InChI=1S/C16H20FNO2S/c1-5-18(9-11(2)3)16(20)10-21-15-7-6-13(12(4)19)8-14(15)17/h6-8H,2,5,9-10H2,1,3-4H3. The molecule has 0 spiro atoms. The van der Waals surface area contributed by atoms with Crippen LogP contribution in [0.3, 0.4) is 0 Å². The van der Waals surface area contributed by atoms with E-state index in [9.17, 15) is 14.0 Å². The number of rotatable bonds is 7. The van der Waals surface area contributed by atoms with Gasteiger partial charge in [-0.3, -0.25) is 9.59 Å². The van der Waals surface area contributed by atoms with E-state index in [1.165, 1.54) is 13.0 Å². The molecule has 0 aromatic heterocycles. The third-order valence-corrected chi connectivity index (χ3v) is 3.92. The molecule has 114 valence electrons. The van der Waals surface area contributed by atoms with Gasteiger partial charge in [-0.25, -0.2) is 4.39 Å². The molecule has 1 aromatic rings. The van der Waals surface area contributed by atoms with Gasteiger partial charge in [-0.15, -0.1) is 11.8 Å². The number of likely N-dealkylation sites (N-methyl/N-ethyl adjacent to an activating group) is 1. The van der Waals surface area contributed by atoms with Crippen molar-refractivity contribution in [1.29, 1.82) is 0 Å². The lowest BCUT2D eigenvalue weighted by atomic mass is 10.1. The molecule has 5 heteroatoms. The lowest BCUT2D eigenvalue weighted by Gasteiger charge is -2.20. The molecule has 0 atom stereocenters. The van der Waals surface area contributed by atoms with E-state index in [2.05, 4.69) is 6.58 Å². The Morgan fingerprint density at radius 1 is 1.33 bits per heavy atom. The molecular weight excluding hydrogens is 289 g/mol. The Morgan fingerprint density at radius 3 is 2.48 bits per heavy atom. The maximum Gasteiger partial charge on any atom is 0.233 e. The molecule has 0 N–H and O–H groups in total. The molecule has 0 radical (unpaired) electrons. The zero-order valence-corrected chi connectivity index (χ0v) is 13.4. The Kier molecular flexibility index (Phi) is 6.62. The molecule has 0 bridgehead atoms. The van der Waals surface area contributed by atoms with Crippen LogP contribution in [0.1, 0.15) is 31.1 Å². The highest BCUT2D eigenvalue weighted by molar-refractivity contribution is 8.00. The molecule has 21 heavy (non-hydrogen) atoms. The minimum Gasteiger partial charge on any atom is -0.338 e. The van der Waals surface area contributed by atoms with Crippen LogP contribution in [0.5, 0.6) is 0 Å². The lowest BCUT2D eigenvalue weighted by Crippen LogP contribution is -2.33. The van der Waals surface area contributed by atoms with Gasteiger partial charge in [-0.2, -0.15) is 0 Å². The number of carbonyl (C=O) groups excluding carboxylic acids is 2. The highest BCUT2D eigenvalue weighted by atomic mass is 32.2. The maximum atomic E-state index is 13.8. The fourth-order valence-corrected chi connectivity index (χ4v) is 2.59. The van der Waals surface area contributed by atoms with E-state index in [1.54, 1.807) is 17.0 Å². The molecule has 0 saturated heterocycles. The van der Waals surface area contributed by atoms with Gasteiger partial charge in [0.25, 0.3) is 0 Å². The number of amides is 1. The molecule has 0 aliphatic rings. The Bertz CT molecular complexity index is 557. The Hall–Kier alpha value is -1.62. The second-order valence-electron chi connectivity index (χ2n) is 4.86. The number of halogens is 1. The van der Waals surface area contributed by atoms with Crippen molar-refractivity contribution in [3.63, 3.8) is 0 Å². The van der Waals surface area contributed by atoms with Crippen LogP contribution >= 0.6 is 11.8 Å². The second kappa shape index (κ2) is 7.98. The van der Waals surface area contributed by atoms with Gasteiger partial charge in [-0.1, -0.05) is 18.2 Å². The largest absolute Gasteiger partial charge is 0.338 e. The monoisotopic (exact) mass is 309 g/mol. The van der Waals surface area contributed by atoms with Gasteiger partial charge < -0.3 is 4.90 Å². The quantitative estimate of drug-likeness (QED) is 0.439. The summed E-state index contributed by atoms with van der Waals surface area (Å²) >= 11 is 1.14. The van der Waals surface area contributed by atoms with Gasteiger partial charge in [0, 0.05) is 23.5 Å². The summed E-state index contributed by atoms with van der Waals surface area (Å²) in [7, 11) is 0.